The second-order valence-electron chi connectivity index (χ2n) is 4.23. The van der Waals surface area contributed by atoms with Crippen molar-refractivity contribution in [2.24, 2.45) is 0 Å². The van der Waals surface area contributed by atoms with Gasteiger partial charge in [0, 0.05) is 30.1 Å². The summed E-state index contributed by atoms with van der Waals surface area (Å²) in [6.45, 7) is 0. The van der Waals surface area contributed by atoms with Crippen LogP contribution in [0.2, 0.25) is 0 Å². The zero-order valence-corrected chi connectivity index (χ0v) is 10.7. The molecule has 0 saturated carbocycles. The first-order chi connectivity index (χ1) is 10.1. The van der Waals surface area contributed by atoms with Gasteiger partial charge in [0.25, 0.3) is 11.6 Å². The van der Waals surface area contributed by atoms with Gasteiger partial charge in [0.1, 0.15) is 5.69 Å². The van der Waals surface area contributed by atoms with Crippen LogP contribution in [0, 0.1) is 10.1 Å². The summed E-state index contributed by atoms with van der Waals surface area (Å²) in [4.78, 5) is 18.5. The van der Waals surface area contributed by atoms with Gasteiger partial charge in [-0.15, -0.1) is 0 Å². The van der Waals surface area contributed by atoms with Gasteiger partial charge in [0.15, 0.2) is 0 Å². The lowest BCUT2D eigenvalue weighted by Gasteiger charge is -1.99. The van der Waals surface area contributed by atoms with Crippen molar-refractivity contribution >= 4 is 11.4 Å². The van der Waals surface area contributed by atoms with Crippen LogP contribution < -0.4 is 5.73 Å². The number of hydrogen-bond acceptors (Lipinski definition) is 6. The number of nitrogens with two attached hydrogens (primary N) is 1. The number of benzene rings is 1. The van der Waals surface area contributed by atoms with Crippen LogP contribution in [0.15, 0.2) is 48.9 Å². The van der Waals surface area contributed by atoms with Gasteiger partial charge in [-0.1, -0.05) is 12.1 Å². The number of rotatable bonds is 3. The zero-order chi connectivity index (χ0) is 14.8. The van der Waals surface area contributed by atoms with E-state index in [-0.39, 0.29) is 5.69 Å². The summed E-state index contributed by atoms with van der Waals surface area (Å²) >= 11 is 0. The summed E-state index contributed by atoms with van der Waals surface area (Å²) in [6, 6.07) is 7.83. The van der Waals surface area contributed by atoms with Gasteiger partial charge in [0.2, 0.25) is 0 Å². The zero-order valence-electron chi connectivity index (χ0n) is 10.7. The van der Waals surface area contributed by atoms with Crippen LogP contribution in [-0.2, 0) is 0 Å². The van der Waals surface area contributed by atoms with Crippen LogP contribution in [0.25, 0.3) is 17.2 Å². The van der Waals surface area contributed by atoms with E-state index in [1.165, 1.54) is 16.8 Å². The molecule has 2 aromatic heterocycles. The fourth-order valence-corrected chi connectivity index (χ4v) is 1.89. The lowest BCUT2D eigenvalue weighted by molar-refractivity contribution is -0.384. The first-order valence-electron chi connectivity index (χ1n) is 6.02. The normalized spacial score (nSPS) is 10.5. The van der Waals surface area contributed by atoms with Crippen LogP contribution in [0.3, 0.4) is 0 Å². The van der Waals surface area contributed by atoms with E-state index in [4.69, 9.17) is 5.73 Å². The molecule has 2 heterocycles. The first kappa shape index (κ1) is 12.7. The highest BCUT2D eigenvalue weighted by Gasteiger charge is 2.14. The number of nitro benzene ring substituents is 1. The highest BCUT2D eigenvalue weighted by atomic mass is 16.6. The number of aromatic nitrogens is 4. The number of nitrogens with zero attached hydrogens (tertiary/aromatic N) is 5. The minimum atomic E-state index is -0.461. The minimum absolute atomic E-state index is 0.0163. The van der Waals surface area contributed by atoms with E-state index in [1.807, 2.05) is 0 Å². The first-order valence-corrected chi connectivity index (χ1v) is 6.02. The number of non-ortho nitro benzene ring substituents is 1. The quantitative estimate of drug-likeness (QED) is 0.579. The molecule has 2 N–H and O–H groups in total. The maximum atomic E-state index is 10.8. The third-order valence-corrected chi connectivity index (χ3v) is 2.83. The Morgan fingerprint density at radius 1 is 1.19 bits per heavy atom. The molecule has 0 spiro atoms. The van der Waals surface area contributed by atoms with Crippen LogP contribution in [0.1, 0.15) is 0 Å². The topological polar surface area (TPSA) is 113 Å². The van der Waals surface area contributed by atoms with E-state index < -0.39 is 4.92 Å². The molecule has 21 heavy (non-hydrogen) atoms. The third-order valence-electron chi connectivity index (χ3n) is 2.83. The fraction of sp³-hybridized carbons (Fsp3) is 0. The van der Waals surface area contributed by atoms with Crippen LogP contribution in [-0.4, -0.2) is 24.7 Å². The molecule has 3 aromatic rings. The second kappa shape index (κ2) is 5.00. The Morgan fingerprint density at radius 3 is 2.67 bits per heavy atom. The maximum absolute atomic E-state index is 10.8. The molecule has 0 aliphatic heterocycles. The van der Waals surface area contributed by atoms with Crippen molar-refractivity contribution in [2.45, 2.75) is 0 Å². The largest absolute Gasteiger partial charge is 0.396 e. The second-order valence-corrected chi connectivity index (χ2v) is 4.23. The lowest BCUT2D eigenvalue weighted by Crippen LogP contribution is -2.00. The Bertz CT molecular complexity index is 799. The molecule has 3 rings (SSSR count). The molecule has 0 bridgehead atoms. The van der Waals surface area contributed by atoms with Gasteiger partial charge in [-0.3, -0.25) is 10.1 Å². The molecule has 1 aromatic carbocycles. The summed E-state index contributed by atoms with van der Waals surface area (Å²) < 4.78 is 1.43. The van der Waals surface area contributed by atoms with E-state index in [0.717, 1.165) is 0 Å². The van der Waals surface area contributed by atoms with Crippen molar-refractivity contribution in [3.05, 3.63) is 59.0 Å². The molecule has 0 radical (unpaired) electrons. The molecule has 0 amide bonds. The predicted molar refractivity (Wildman–Crippen MR) is 75.7 cm³/mol. The molecule has 0 unspecified atom stereocenters. The number of nitrogen functional groups attached to an aromatic ring is 1. The highest BCUT2D eigenvalue weighted by molar-refractivity contribution is 5.73. The molecule has 8 heteroatoms. The number of hydrogen-bond donors (Lipinski definition) is 1. The molecule has 0 aliphatic carbocycles. The van der Waals surface area contributed by atoms with Gasteiger partial charge in [-0.25, -0.2) is 14.6 Å². The van der Waals surface area contributed by atoms with Gasteiger partial charge in [0.05, 0.1) is 16.8 Å². The number of nitro groups is 1. The Labute approximate surface area is 119 Å². The Kier molecular flexibility index (Phi) is 3.03. The molecule has 104 valence electrons. The summed E-state index contributed by atoms with van der Waals surface area (Å²) in [6.07, 6.45) is 4.75. The molecular weight excluding hydrogens is 272 g/mol. The summed E-state index contributed by atoms with van der Waals surface area (Å²) in [7, 11) is 0. The molecule has 0 saturated heterocycles. The van der Waals surface area contributed by atoms with Gasteiger partial charge >= 0.3 is 0 Å². The van der Waals surface area contributed by atoms with Crippen molar-refractivity contribution in [3.8, 4) is 17.2 Å². The van der Waals surface area contributed by atoms with Crippen LogP contribution in [0.4, 0.5) is 11.4 Å². The monoisotopic (exact) mass is 282 g/mol. The van der Waals surface area contributed by atoms with Crippen LogP contribution >= 0.6 is 0 Å². The standard InChI is InChI=1S/C13H10N6O2/c14-11-8-18(13-15-5-2-6-16-13)17-12(11)9-3-1-4-10(7-9)19(20)21/h1-8H,14H2. The minimum Gasteiger partial charge on any atom is -0.396 e. The average Bonchev–Trinajstić information content (AvgIpc) is 2.90. The lowest BCUT2D eigenvalue weighted by atomic mass is 10.1. The summed E-state index contributed by atoms with van der Waals surface area (Å²) in [5, 5.41) is 15.1. The summed E-state index contributed by atoms with van der Waals surface area (Å²) in [5.41, 5.74) is 7.32. The Balaban J connectivity index is 2.06. The van der Waals surface area contributed by atoms with E-state index >= 15 is 0 Å². The highest BCUT2D eigenvalue weighted by Crippen LogP contribution is 2.27. The van der Waals surface area contributed by atoms with Gasteiger partial charge < -0.3 is 5.73 Å². The predicted octanol–water partition coefficient (Wildman–Crippen LogP) is 1.82. The molecule has 8 nitrogen and oxygen atoms in total. The molecule has 0 aliphatic rings. The third kappa shape index (κ3) is 2.41. The summed E-state index contributed by atoms with van der Waals surface area (Å²) in [5.74, 6) is 0.376. The maximum Gasteiger partial charge on any atom is 0.270 e. The van der Waals surface area contributed by atoms with Crippen molar-refractivity contribution in [1.29, 1.82) is 0 Å². The van der Waals surface area contributed by atoms with E-state index in [1.54, 1.807) is 36.8 Å². The fourth-order valence-electron chi connectivity index (χ4n) is 1.89. The Hall–Kier alpha value is -3.29. The molecule has 0 atom stereocenters. The average molecular weight is 282 g/mol. The van der Waals surface area contributed by atoms with Gasteiger partial charge in [-0.05, 0) is 6.07 Å². The van der Waals surface area contributed by atoms with E-state index in [0.29, 0.717) is 22.9 Å². The van der Waals surface area contributed by atoms with Crippen LogP contribution in [0.5, 0.6) is 0 Å². The Morgan fingerprint density at radius 2 is 1.95 bits per heavy atom. The number of anilines is 1. The van der Waals surface area contributed by atoms with Crippen molar-refractivity contribution in [1.82, 2.24) is 19.7 Å². The van der Waals surface area contributed by atoms with E-state index in [2.05, 4.69) is 15.1 Å². The smallest absolute Gasteiger partial charge is 0.270 e. The van der Waals surface area contributed by atoms with E-state index in [9.17, 15) is 10.1 Å². The van der Waals surface area contributed by atoms with Crippen molar-refractivity contribution in [3.63, 3.8) is 0 Å². The van der Waals surface area contributed by atoms with Gasteiger partial charge in [-0.2, -0.15) is 5.10 Å². The van der Waals surface area contributed by atoms with Crippen molar-refractivity contribution < 1.29 is 4.92 Å². The molecular formula is C13H10N6O2. The van der Waals surface area contributed by atoms with Crippen molar-refractivity contribution in [2.75, 3.05) is 5.73 Å². The SMILES string of the molecule is Nc1cn(-c2ncccn2)nc1-c1cccc([N+](=O)[O-])c1. The molecule has 0 fully saturated rings.